The number of benzene rings is 1. The van der Waals surface area contributed by atoms with Crippen LogP contribution < -0.4 is 5.32 Å². The van der Waals surface area contributed by atoms with E-state index in [0.717, 1.165) is 25.0 Å². The number of nitrogens with one attached hydrogen (secondary N) is 1. The summed E-state index contributed by atoms with van der Waals surface area (Å²) in [6.45, 7) is 4.84. The summed E-state index contributed by atoms with van der Waals surface area (Å²) in [5, 5.41) is 12.7. The van der Waals surface area contributed by atoms with Crippen LogP contribution in [0.3, 0.4) is 0 Å². The van der Waals surface area contributed by atoms with Crippen molar-refractivity contribution < 1.29 is 9.90 Å². The second-order valence-corrected chi connectivity index (χ2v) is 7.08. The molecule has 1 aromatic rings. The number of hydrogen-bond donors (Lipinski definition) is 2. The summed E-state index contributed by atoms with van der Waals surface area (Å²) in [5.74, 6) is 1.13. The van der Waals surface area contributed by atoms with Gasteiger partial charge in [-0.25, -0.2) is 0 Å². The van der Waals surface area contributed by atoms with Crippen LogP contribution in [0.1, 0.15) is 36.8 Å². The molecular weight excluding hydrogens is 282 g/mol. The predicted molar refractivity (Wildman–Crippen MR) is 87.6 cm³/mol. The highest BCUT2D eigenvalue weighted by Gasteiger charge is 2.25. The largest absolute Gasteiger partial charge is 0.393 e. The predicted octanol–water partition coefficient (Wildman–Crippen LogP) is 3.06. The Balaban J connectivity index is 1.65. The van der Waals surface area contributed by atoms with Crippen LogP contribution in [-0.4, -0.2) is 29.4 Å². The van der Waals surface area contributed by atoms with Crippen molar-refractivity contribution in [2.75, 3.05) is 12.3 Å². The molecule has 1 aliphatic rings. The van der Waals surface area contributed by atoms with Gasteiger partial charge in [0.15, 0.2) is 0 Å². The number of aryl methyl sites for hydroxylation is 2. The lowest BCUT2D eigenvalue weighted by Crippen LogP contribution is -2.32. The van der Waals surface area contributed by atoms with E-state index in [1.807, 2.05) is 0 Å². The van der Waals surface area contributed by atoms with Gasteiger partial charge in [-0.15, -0.1) is 11.8 Å². The van der Waals surface area contributed by atoms with Crippen LogP contribution in [0.5, 0.6) is 0 Å². The van der Waals surface area contributed by atoms with Crippen LogP contribution in [0.25, 0.3) is 0 Å². The average molecular weight is 307 g/mol. The second kappa shape index (κ2) is 7.85. The second-order valence-electron chi connectivity index (χ2n) is 5.91. The lowest BCUT2D eigenvalue weighted by atomic mass is 10.1. The van der Waals surface area contributed by atoms with Crippen molar-refractivity contribution in [1.29, 1.82) is 0 Å². The number of aliphatic hydroxyl groups excluding tert-OH is 1. The Hall–Kier alpha value is -1.00. The molecule has 3 nitrogen and oxygen atoms in total. The number of carbonyl (C=O) groups is 1. The minimum atomic E-state index is -0.227. The van der Waals surface area contributed by atoms with Gasteiger partial charge in [-0.1, -0.05) is 12.5 Å². The van der Waals surface area contributed by atoms with Crippen LogP contribution in [0.15, 0.2) is 23.1 Å². The molecule has 0 aromatic heterocycles. The van der Waals surface area contributed by atoms with Crippen LogP contribution in [0, 0.1) is 19.8 Å². The first-order valence-corrected chi connectivity index (χ1v) is 8.69. The standard InChI is InChI=1S/C17H25NO2S/c1-12-6-7-15(10-13(12)2)21-9-8-17(20)18-11-14-4-3-5-16(14)19/h6-7,10,14,16,19H,3-5,8-9,11H2,1-2H3,(H,18,20). The molecule has 0 aliphatic heterocycles. The number of amides is 1. The zero-order chi connectivity index (χ0) is 15.2. The minimum absolute atomic E-state index is 0.0884. The third-order valence-electron chi connectivity index (χ3n) is 4.26. The smallest absolute Gasteiger partial charge is 0.220 e. The Morgan fingerprint density at radius 1 is 1.33 bits per heavy atom. The van der Waals surface area contributed by atoms with Crippen molar-refractivity contribution in [3.63, 3.8) is 0 Å². The number of rotatable bonds is 6. The Labute approximate surface area is 131 Å². The molecule has 0 heterocycles. The number of thioether (sulfide) groups is 1. The first kappa shape index (κ1) is 16.4. The van der Waals surface area contributed by atoms with Crippen LogP contribution >= 0.6 is 11.8 Å². The van der Waals surface area contributed by atoms with Gasteiger partial charge in [0, 0.05) is 29.5 Å². The molecule has 0 radical (unpaired) electrons. The highest BCUT2D eigenvalue weighted by Crippen LogP contribution is 2.25. The van der Waals surface area contributed by atoms with Gasteiger partial charge >= 0.3 is 0 Å². The summed E-state index contributed by atoms with van der Waals surface area (Å²) in [7, 11) is 0. The molecule has 1 amide bonds. The Morgan fingerprint density at radius 2 is 2.14 bits per heavy atom. The lowest BCUT2D eigenvalue weighted by molar-refractivity contribution is -0.120. The molecule has 21 heavy (non-hydrogen) atoms. The van der Waals surface area contributed by atoms with Gasteiger partial charge in [-0.05, 0) is 49.9 Å². The van der Waals surface area contributed by atoms with Crippen LogP contribution in [0.4, 0.5) is 0 Å². The Morgan fingerprint density at radius 3 is 2.81 bits per heavy atom. The molecular formula is C17H25NO2S. The maximum atomic E-state index is 11.8. The molecule has 0 saturated heterocycles. The third kappa shape index (κ3) is 5.04. The summed E-state index contributed by atoms with van der Waals surface area (Å²) in [4.78, 5) is 13.0. The fourth-order valence-electron chi connectivity index (χ4n) is 2.65. The molecule has 1 aromatic carbocycles. The van der Waals surface area contributed by atoms with Gasteiger partial charge in [-0.3, -0.25) is 4.79 Å². The number of aliphatic hydroxyl groups is 1. The number of hydrogen-bond acceptors (Lipinski definition) is 3. The topological polar surface area (TPSA) is 49.3 Å². The van der Waals surface area contributed by atoms with Crippen molar-refractivity contribution in [2.24, 2.45) is 5.92 Å². The maximum absolute atomic E-state index is 11.8. The van der Waals surface area contributed by atoms with E-state index in [0.29, 0.717) is 13.0 Å². The molecule has 2 N–H and O–H groups in total. The normalized spacial score (nSPS) is 21.5. The third-order valence-corrected chi connectivity index (χ3v) is 5.25. The number of carbonyl (C=O) groups excluding carboxylic acids is 1. The van der Waals surface area contributed by atoms with Crippen LogP contribution in [0.2, 0.25) is 0 Å². The molecule has 1 fully saturated rings. The molecule has 2 atom stereocenters. The molecule has 0 bridgehead atoms. The van der Waals surface area contributed by atoms with Gasteiger partial charge in [0.05, 0.1) is 6.10 Å². The van der Waals surface area contributed by atoms with E-state index in [2.05, 4.69) is 37.4 Å². The summed E-state index contributed by atoms with van der Waals surface area (Å²) < 4.78 is 0. The van der Waals surface area contributed by atoms with Crippen LogP contribution in [-0.2, 0) is 4.79 Å². The van der Waals surface area contributed by atoms with Crippen molar-refractivity contribution in [3.8, 4) is 0 Å². The van der Waals surface area contributed by atoms with Crippen molar-refractivity contribution in [1.82, 2.24) is 5.32 Å². The summed E-state index contributed by atoms with van der Waals surface area (Å²) >= 11 is 1.72. The zero-order valence-corrected chi connectivity index (χ0v) is 13.7. The Bertz CT molecular complexity index is 490. The fraction of sp³-hybridized carbons (Fsp3) is 0.588. The van der Waals surface area contributed by atoms with E-state index in [1.54, 1.807) is 11.8 Å². The van der Waals surface area contributed by atoms with Crippen molar-refractivity contribution in [3.05, 3.63) is 29.3 Å². The molecule has 4 heteroatoms. The van der Waals surface area contributed by atoms with Crippen molar-refractivity contribution in [2.45, 2.75) is 50.5 Å². The van der Waals surface area contributed by atoms with E-state index < -0.39 is 0 Å². The van der Waals surface area contributed by atoms with Gasteiger partial charge in [0.1, 0.15) is 0 Å². The molecule has 116 valence electrons. The van der Waals surface area contributed by atoms with Gasteiger partial charge in [0.2, 0.25) is 5.91 Å². The van der Waals surface area contributed by atoms with Gasteiger partial charge in [0.25, 0.3) is 0 Å². The van der Waals surface area contributed by atoms with E-state index >= 15 is 0 Å². The highest BCUT2D eigenvalue weighted by molar-refractivity contribution is 7.99. The Kier molecular flexibility index (Phi) is 6.12. The first-order valence-electron chi connectivity index (χ1n) is 7.71. The highest BCUT2D eigenvalue weighted by atomic mass is 32.2. The SMILES string of the molecule is Cc1ccc(SCCC(=O)NCC2CCCC2O)cc1C. The molecule has 0 spiro atoms. The molecule has 2 unspecified atom stereocenters. The average Bonchev–Trinajstić information content (AvgIpc) is 2.86. The van der Waals surface area contributed by atoms with E-state index in [1.165, 1.54) is 16.0 Å². The minimum Gasteiger partial charge on any atom is -0.393 e. The summed E-state index contributed by atoms with van der Waals surface area (Å²) in [6, 6.07) is 6.41. The maximum Gasteiger partial charge on any atom is 0.220 e. The zero-order valence-electron chi connectivity index (χ0n) is 12.9. The molecule has 1 saturated carbocycles. The van der Waals surface area contributed by atoms with Gasteiger partial charge < -0.3 is 10.4 Å². The van der Waals surface area contributed by atoms with E-state index in [4.69, 9.17) is 0 Å². The van der Waals surface area contributed by atoms with Crippen molar-refractivity contribution >= 4 is 17.7 Å². The van der Waals surface area contributed by atoms with E-state index in [-0.39, 0.29) is 17.9 Å². The van der Waals surface area contributed by atoms with E-state index in [9.17, 15) is 9.90 Å². The first-order chi connectivity index (χ1) is 10.1. The van der Waals surface area contributed by atoms with Gasteiger partial charge in [-0.2, -0.15) is 0 Å². The summed E-state index contributed by atoms with van der Waals surface area (Å²) in [5.41, 5.74) is 2.59. The fourth-order valence-corrected chi connectivity index (χ4v) is 3.60. The summed E-state index contributed by atoms with van der Waals surface area (Å²) in [6.07, 6.45) is 3.28. The monoisotopic (exact) mass is 307 g/mol. The molecule has 1 aliphatic carbocycles. The lowest BCUT2D eigenvalue weighted by Gasteiger charge is -2.15. The molecule has 2 rings (SSSR count). The quantitative estimate of drug-likeness (QED) is 0.794.